The summed E-state index contributed by atoms with van der Waals surface area (Å²) >= 11 is 6.18. The largest absolute Gasteiger partial charge is 0.495 e. The Bertz CT molecular complexity index is 1400. The number of nitrogens with zero attached hydrogens (tertiary/aromatic N) is 2. The minimum Gasteiger partial charge on any atom is -0.495 e. The predicted octanol–water partition coefficient (Wildman–Crippen LogP) is 4.20. The summed E-state index contributed by atoms with van der Waals surface area (Å²) in [5, 5.41) is 3.12. The second-order valence-corrected chi connectivity index (χ2v) is 11.5. The van der Waals surface area contributed by atoms with Crippen molar-refractivity contribution in [3.8, 4) is 5.75 Å². The number of anilines is 1. The maximum atomic E-state index is 14.1. The molecule has 2 amide bonds. The molecule has 10 heteroatoms. The van der Waals surface area contributed by atoms with Crippen molar-refractivity contribution in [1.29, 1.82) is 0 Å². The first-order valence-electron chi connectivity index (χ1n) is 12.5. The number of benzene rings is 3. The molecule has 0 aliphatic heterocycles. The fraction of sp³-hybridized carbons (Fsp3) is 0.310. The molecule has 39 heavy (non-hydrogen) atoms. The molecule has 8 nitrogen and oxygen atoms in total. The monoisotopic (exact) mass is 571 g/mol. The van der Waals surface area contributed by atoms with Gasteiger partial charge in [-0.05, 0) is 43.2 Å². The Morgan fingerprint density at radius 2 is 1.69 bits per heavy atom. The second-order valence-electron chi connectivity index (χ2n) is 9.20. The lowest BCUT2D eigenvalue weighted by atomic mass is 10.0. The van der Waals surface area contributed by atoms with Crippen molar-refractivity contribution in [2.45, 2.75) is 32.9 Å². The van der Waals surface area contributed by atoms with Gasteiger partial charge < -0.3 is 15.0 Å². The van der Waals surface area contributed by atoms with Crippen LogP contribution >= 0.6 is 11.6 Å². The summed E-state index contributed by atoms with van der Waals surface area (Å²) in [5.74, 6) is -0.628. The van der Waals surface area contributed by atoms with E-state index in [1.807, 2.05) is 61.5 Å². The number of methoxy groups -OCH3 is 1. The lowest BCUT2D eigenvalue weighted by Gasteiger charge is -2.33. The molecule has 0 fully saturated rings. The molecular formula is C29H34ClN3O5S. The summed E-state index contributed by atoms with van der Waals surface area (Å²) in [5.41, 5.74) is 2.82. The second kappa shape index (κ2) is 13.5. The number of rotatable bonds is 12. The van der Waals surface area contributed by atoms with Crippen molar-refractivity contribution < 1.29 is 22.7 Å². The van der Waals surface area contributed by atoms with Crippen LogP contribution in [0.5, 0.6) is 5.75 Å². The molecule has 0 aliphatic carbocycles. The van der Waals surface area contributed by atoms with Crippen LogP contribution in [0.4, 0.5) is 5.69 Å². The lowest BCUT2D eigenvalue weighted by Crippen LogP contribution is -2.53. The molecule has 3 aromatic carbocycles. The van der Waals surface area contributed by atoms with E-state index in [0.29, 0.717) is 6.54 Å². The maximum absolute atomic E-state index is 14.1. The number of ether oxygens (including phenoxy) is 1. The van der Waals surface area contributed by atoms with Crippen LogP contribution in [0.2, 0.25) is 5.02 Å². The van der Waals surface area contributed by atoms with Gasteiger partial charge in [0.25, 0.3) is 0 Å². The van der Waals surface area contributed by atoms with Crippen molar-refractivity contribution in [3.05, 3.63) is 94.5 Å². The van der Waals surface area contributed by atoms with Gasteiger partial charge in [0.15, 0.2) is 0 Å². The molecule has 0 aliphatic rings. The van der Waals surface area contributed by atoms with Crippen molar-refractivity contribution in [3.63, 3.8) is 0 Å². The molecular weight excluding hydrogens is 538 g/mol. The molecule has 0 bridgehead atoms. The van der Waals surface area contributed by atoms with Gasteiger partial charge in [0, 0.05) is 24.5 Å². The Hall–Kier alpha value is -3.56. The van der Waals surface area contributed by atoms with E-state index in [1.54, 1.807) is 13.0 Å². The fourth-order valence-corrected chi connectivity index (χ4v) is 5.32. The van der Waals surface area contributed by atoms with Crippen molar-refractivity contribution >= 4 is 39.1 Å². The Kier molecular flexibility index (Phi) is 10.4. The number of amides is 2. The molecule has 1 atom stereocenters. The maximum Gasteiger partial charge on any atom is 0.244 e. The summed E-state index contributed by atoms with van der Waals surface area (Å²) in [6.45, 7) is 3.69. The van der Waals surface area contributed by atoms with Crippen LogP contribution in [-0.4, -0.2) is 57.6 Å². The van der Waals surface area contributed by atoms with Gasteiger partial charge in [0.05, 0.1) is 19.1 Å². The van der Waals surface area contributed by atoms with Crippen LogP contribution < -0.4 is 14.4 Å². The third kappa shape index (κ3) is 8.21. The van der Waals surface area contributed by atoms with Gasteiger partial charge in [-0.25, -0.2) is 8.42 Å². The number of carbonyl (C=O) groups excluding carboxylic acids is 2. The van der Waals surface area contributed by atoms with Gasteiger partial charge in [0.1, 0.15) is 18.3 Å². The summed E-state index contributed by atoms with van der Waals surface area (Å²) in [7, 11) is -2.54. The molecule has 0 aromatic heterocycles. The normalized spacial score (nSPS) is 11.9. The van der Waals surface area contributed by atoms with Crippen molar-refractivity contribution in [2.24, 2.45) is 0 Å². The SMILES string of the molecule is CCNC(=O)C(Cc1ccccc1)N(Cc1cccc(C)c1)C(=O)CN(c1cc(Cl)ccc1OC)S(C)(=O)=O. The number of halogens is 1. The van der Waals surface area contributed by atoms with E-state index in [4.69, 9.17) is 16.3 Å². The fourth-order valence-electron chi connectivity index (χ4n) is 4.31. The zero-order valence-electron chi connectivity index (χ0n) is 22.6. The van der Waals surface area contributed by atoms with E-state index in [2.05, 4.69) is 5.32 Å². The molecule has 3 aromatic rings. The van der Waals surface area contributed by atoms with E-state index in [9.17, 15) is 18.0 Å². The lowest BCUT2D eigenvalue weighted by molar-refractivity contribution is -0.140. The first-order valence-corrected chi connectivity index (χ1v) is 14.7. The topological polar surface area (TPSA) is 96.0 Å². The minimum atomic E-state index is -3.94. The first kappa shape index (κ1) is 30.0. The Balaban J connectivity index is 2.08. The third-order valence-electron chi connectivity index (χ3n) is 6.15. The van der Waals surface area contributed by atoms with Crippen LogP contribution in [0, 0.1) is 6.92 Å². The zero-order chi connectivity index (χ0) is 28.6. The Morgan fingerprint density at radius 3 is 2.31 bits per heavy atom. The van der Waals surface area contributed by atoms with Gasteiger partial charge in [-0.2, -0.15) is 0 Å². The van der Waals surface area contributed by atoms with Gasteiger partial charge in [-0.3, -0.25) is 13.9 Å². The van der Waals surface area contributed by atoms with Gasteiger partial charge in [0.2, 0.25) is 21.8 Å². The smallest absolute Gasteiger partial charge is 0.244 e. The number of hydrogen-bond donors (Lipinski definition) is 1. The summed E-state index contributed by atoms with van der Waals surface area (Å²) in [6.07, 6.45) is 1.26. The molecule has 1 unspecified atom stereocenters. The molecule has 0 heterocycles. The summed E-state index contributed by atoms with van der Waals surface area (Å²) in [6, 6.07) is 20.7. The number of nitrogens with one attached hydrogen (secondary N) is 1. The third-order valence-corrected chi connectivity index (χ3v) is 7.51. The van der Waals surface area contributed by atoms with Crippen LogP contribution in [0.1, 0.15) is 23.6 Å². The highest BCUT2D eigenvalue weighted by Gasteiger charge is 2.33. The molecule has 0 saturated heterocycles. The van der Waals surface area contributed by atoms with Crippen LogP contribution in [-0.2, 0) is 32.6 Å². The quantitative estimate of drug-likeness (QED) is 0.351. The van der Waals surface area contributed by atoms with Crippen molar-refractivity contribution in [2.75, 3.05) is 30.8 Å². The molecule has 0 saturated carbocycles. The molecule has 1 N–H and O–H groups in total. The van der Waals surface area contributed by atoms with E-state index in [-0.39, 0.29) is 35.3 Å². The molecule has 0 radical (unpaired) electrons. The standard InChI is InChI=1S/C29H34ClN3O5S/c1-5-31-29(35)26(17-22-11-7-6-8-12-22)32(19-23-13-9-10-21(2)16-23)28(34)20-33(39(4,36)37)25-18-24(30)14-15-27(25)38-3/h6-16,18,26H,5,17,19-20H2,1-4H3,(H,31,35). The average Bonchev–Trinajstić information content (AvgIpc) is 2.89. The van der Waals surface area contributed by atoms with Gasteiger partial charge in [-0.1, -0.05) is 71.8 Å². The highest BCUT2D eigenvalue weighted by Crippen LogP contribution is 2.33. The number of sulfonamides is 1. The number of aryl methyl sites for hydroxylation is 1. The highest BCUT2D eigenvalue weighted by molar-refractivity contribution is 7.92. The predicted molar refractivity (Wildman–Crippen MR) is 155 cm³/mol. The van der Waals surface area contributed by atoms with Crippen LogP contribution in [0.25, 0.3) is 0 Å². The highest BCUT2D eigenvalue weighted by atomic mass is 35.5. The van der Waals surface area contributed by atoms with Crippen LogP contribution in [0.15, 0.2) is 72.8 Å². The summed E-state index contributed by atoms with van der Waals surface area (Å²) in [4.78, 5) is 28.9. The summed E-state index contributed by atoms with van der Waals surface area (Å²) < 4.78 is 32.2. The van der Waals surface area contributed by atoms with Crippen LogP contribution in [0.3, 0.4) is 0 Å². The molecule has 208 valence electrons. The first-order chi connectivity index (χ1) is 18.5. The Labute approximate surface area is 235 Å². The van der Waals surface area contributed by atoms with Gasteiger partial charge >= 0.3 is 0 Å². The number of hydrogen-bond acceptors (Lipinski definition) is 5. The van der Waals surface area contributed by atoms with E-state index in [1.165, 1.54) is 24.1 Å². The minimum absolute atomic E-state index is 0.111. The van der Waals surface area contributed by atoms with Crippen molar-refractivity contribution in [1.82, 2.24) is 10.2 Å². The number of likely N-dealkylation sites (N-methyl/N-ethyl adjacent to an activating group) is 1. The Morgan fingerprint density at radius 1 is 1.00 bits per heavy atom. The van der Waals surface area contributed by atoms with E-state index in [0.717, 1.165) is 27.3 Å². The van der Waals surface area contributed by atoms with Gasteiger partial charge in [-0.15, -0.1) is 0 Å². The number of carbonyl (C=O) groups is 2. The van der Waals surface area contributed by atoms with E-state index >= 15 is 0 Å². The zero-order valence-corrected chi connectivity index (χ0v) is 24.1. The molecule has 0 spiro atoms. The molecule has 3 rings (SSSR count). The average molecular weight is 572 g/mol. The van der Waals surface area contributed by atoms with E-state index < -0.39 is 28.5 Å².